The molecule has 1 aromatic rings. The zero-order valence-corrected chi connectivity index (χ0v) is 12.9. The number of hydrogen-bond acceptors (Lipinski definition) is 6. The molecular formula is C15H25N3O3. The van der Waals surface area contributed by atoms with Gasteiger partial charge in [0.2, 0.25) is 11.7 Å². The lowest BCUT2D eigenvalue weighted by Crippen LogP contribution is -2.29. The molecular weight excluding hydrogens is 270 g/mol. The molecule has 0 amide bonds. The van der Waals surface area contributed by atoms with Gasteiger partial charge in [-0.25, -0.2) is 0 Å². The van der Waals surface area contributed by atoms with E-state index in [1.165, 1.54) is 12.8 Å². The third-order valence-electron chi connectivity index (χ3n) is 4.87. The molecule has 2 unspecified atom stereocenters. The standard InChI is InChI=1S/C15H25N3O3/c1-19-11-9-12(16-10-11)13-17-14(18-21-13)15(20-2)7-5-3-4-6-8-15/h11-12,16H,3-10H2,1-2H3. The minimum absolute atomic E-state index is 0.0934. The van der Waals surface area contributed by atoms with Gasteiger partial charge in [-0.1, -0.05) is 30.8 Å². The monoisotopic (exact) mass is 295 g/mol. The predicted octanol–water partition coefficient (Wildman–Crippen LogP) is 2.31. The number of methoxy groups -OCH3 is 2. The molecule has 2 atom stereocenters. The second-order valence-corrected chi connectivity index (χ2v) is 6.12. The van der Waals surface area contributed by atoms with Crippen LogP contribution >= 0.6 is 0 Å². The van der Waals surface area contributed by atoms with Gasteiger partial charge < -0.3 is 19.3 Å². The molecule has 1 N–H and O–H groups in total. The molecule has 0 bridgehead atoms. The fraction of sp³-hybridized carbons (Fsp3) is 0.867. The van der Waals surface area contributed by atoms with Crippen molar-refractivity contribution in [1.82, 2.24) is 15.5 Å². The Labute approximate surface area is 125 Å². The van der Waals surface area contributed by atoms with Crippen molar-refractivity contribution in [2.45, 2.75) is 62.7 Å². The number of nitrogens with one attached hydrogen (secondary N) is 1. The fourth-order valence-corrected chi connectivity index (χ4v) is 3.45. The van der Waals surface area contributed by atoms with Gasteiger partial charge >= 0.3 is 0 Å². The van der Waals surface area contributed by atoms with Crippen LogP contribution in [0.5, 0.6) is 0 Å². The van der Waals surface area contributed by atoms with Crippen LogP contribution in [0.15, 0.2) is 4.52 Å². The summed E-state index contributed by atoms with van der Waals surface area (Å²) in [4.78, 5) is 4.65. The van der Waals surface area contributed by atoms with Gasteiger partial charge in [0.1, 0.15) is 5.60 Å². The average Bonchev–Trinajstić information content (AvgIpc) is 3.12. The van der Waals surface area contributed by atoms with E-state index in [2.05, 4.69) is 15.5 Å². The van der Waals surface area contributed by atoms with Gasteiger partial charge in [-0.15, -0.1) is 0 Å². The summed E-state index contributed by atoms with van der Waals surface area (Å²) >= 11 is 0. The Morgan fingerprint density at radius 2 is 1.95 bits per heavy atom. The molecule has 21 heavy (non-hydrogen) atoms. The maximum atomic E-state index is 5.83. The minimum atomic E-state index is -0.364. The van der Waals surface area contributed by atoms with E-state index in [9.17, 15) is 0 Å². The Hall–Kier alpha value is -0.980. The average molecular weight is 295 g/mol. The molecule has 6 nitrogen and oxygen atoms in total. The van der Waals surface area contributed by atoms with Gasteiger partial charge in [0, 0.05) is 20.8 Å². The topological polar surface area (TPSA) is 69.4 Å². The molecule has 1 aliphatic heterocycles. The largest absolute Gasteiger partial charge is 0.380 e. The highest BCUT2D eigenvalue weighted by atomic mass is 16.5. The molecule has 1 saturated carbocycles. The number of hydrogen-bond donors (Lipinski definition) is 1. The molecule has 2 aliphatic rings. The lowest BCUT2D eigenvalue weighted by Gasteiger charge is -2.27. The third-order valence-corrected chi connectivity index (χ3v) is 4.87. The van der Waals surface area contributed by atoms with E-state index in [0.29, 0.717) is 11.7 Å². The molecule has 0 aromatic carbocycles. The molecule has 6 heteroatoms. The number of aromatic nitrogens is 2. The molecule has 1 aliphatic carbocycles. The van der Waals surface area contributed by atoms with E-state index < -0.39 is 0 Å². The zero-order chi connectivity index (χ0) is 14.7. The molecule has 1 aromatic heterocycles. The summed E-state index contributed by atoms with van der Waals surface area (Å²) in [5.74, 6) is 1.37. The Bertz CT molecular complexity index is 455. The quantitative estimate of drug-likeness (QED) is 0.860. The summed E-state index contributed by atoms with van der Waals surface area (Å²) < 4.78 is 16.7. The first-order valence-electron chi connectivity index (χ1n) is 7.93. The normalized spacial score (nSPS) is 29.4. The van der Waals surface area contributed by atoms with Gasteiger partial charge in [0.05, 0.1) is 12.1 Å². The van der Waals surface area contributed by atoms with Crippen LogP contribution in [-0.4, -0.2) is 37.0 Å². The maximum absolute atomic E-state index is 5.83. The summed E-state index contributed by atoms with van der Waals surface area (Å²) in [5.41, 5.74) is -0.364. The first-order chi connectivity index (χ1) is 10.3. The van der Waals surface area contributed by atoms with Crippen molar-refractivity contribution in [3.63, 3.8) is 0 Å². The van der Waals surface area contributed by atoms with Crippen LogP contribution in [0.1, 0.15) is 62.7 Å². The van der Waals surface area contributed by atoms with Gasteiger partial charge in [0.25, 0.3) is 0 Å². The van der Waals surface area contributed by atoms with Crippen molar-refractivity contribution < 1.29 is 14.0 Å². The molecule has 2 fully saturated rings. The summed E-state index contributed by atoms with van der Waals surface area (Å²) in [6.07, 6.45) is 7.88. The Morgan fingerprint density at radius 3 is 2.57 bits per heavy atom. The van der Waals surface area contributed by atoms with Gasteiger partial charge in [-0.2, -0.15) is 4.98 Å². The van der Waals surface area contributed by atoms with E-state index in [0.717, 1.165) is 38.6 Å². The van der Waals surface area contributed by atoms with E-state index in [1.54, 1.807) is 14.2 Å². The van der Waals surface area contributed by atoms with Crippen molar-refractivity contribution in [2.75, 3.05) is 20.8 Å². The van der Waals surface area contributed by atoms with Crippen LogP contribution < -0.4 is 5.32 Å². The summed E-state index contributed by atoms with van der Waals surface area (Å²) in [5, 5.41) is 7.60. The van der Waals surface area contributed by atoms with E-state index in [4.69, 9.17) is 14.0 Å². The van der Waals surface area contributed by atoms with Crippen LogP contribution in [0.3, 0.4) is 0 Å². The van der Waals surface area contributed by atoms with Crippen LogP contribution in [0.4, 0.5) is 0 Å². The number of ether oxygens (including phenoxy) is 2. The van der Waals surface area contributed by atoms with Crippen molar-refractivity contribution in [1.29, 1.82) is 0 Å². The molecule has 2 heterocycles. The lowest BCUT2D eigenvalue weighted by atomic mass is 9.93. The van der Waals surface area contributed by atoms with Gasteiger partial charge in [0.15, 0.2) is 0 Å². The van der Waals surface area contributed by atoms with Crippen molar-refractivity contribution >= 4 is 0 Å². The van der Waals surface area contributed by atoms with E-state index in [-0.39, 0.29) is 17.7 Å². The zero-order valence-electron chi connectivity index (χ0n) is 12.9. The van der Waals surface area contributed by atoms with Crippen molar-refractivity contribution in [3.8, 4) is 0 Å². The van der Waals surface area contributed by atoms with Crippen LogP contribution in [0, 0.1) is 0 Å². The Balaban J connectivity index is 1.76. The van der Waals surface area contributed by atoms with E-state index >= 15 is 0 Å². The van der Waals surface area contributed by atoms with Gasteiger partial charge in [-0.3, -0.25) is 0 Å². The molecule has 0 spiro atoms. The number of nitrogens with zero attached hydrogens (tertiary/aromatic N) is 2. The molecule has 118 valence electrons. The highest BCUT2D eigenvalue weighted by Crippen LogP contribution is 2.38. The first kappa shape index (κ1) is 14.9. The Morgan fingerprint density at radius 1 is 1.19 bits per heavy atom. The highest BCUT2D eigenvalue weighted by Gasteiger charge is 2.39. The number of rotatable bonds is 4. The predicted molar refractivity (Wildman–Crippen MR) is 76.8 cm³/mol. The van der Waals surface area contributed by atoms with Crippen LogP contribution in [-0.2, 0) is 15.1 Å². The van der Waals surface area contributed by atoms with Crippen LogP contribution in [0.2, 0.25) is 0 Å². The van der Waals surface area contributed by atoms with Crippen LogP contribution in [0.25, 0.3) is 0 Å². The smallest absolute Gasteiger partial charge is 0.243 e. The van der Waals surface area contributed by atoms with E-state index in [1.807, 2.05) is 0 Å². The summed E-state index contributed by atoms with van der Waals surface area (Å²) in [7, 11) is 3.50. The lowest BCUT2D eigenvalue weighted by molar-refractivity contribution is -0.0365. The maximum Gasteiger partial charge on any atom is 0.243 e. The molecule has 1 saturated heterocycles. The third kappa shape index (κ3) is 2.98. The second kappa shape index (κ2) is 6.42. The second-order valence-electron chi connectivity index (χ2n) is 6.12. The minimum Gasteiger partial charge on any atom is -0.380 e. The van der Waals surface area contributed by atoms with Crippen molar-refractivity contribution in [2.24, 2.45) is 0 Å². The fourth-order valence-electron chi connectivity index (χ4n) is 3.45. The van der Waals surface area contributed by atoms with Crippen molar-refractivity contribution in [3.05, 3.63) is 11.7 Å². The Kier molecular flexibility index (Phi) is 4.57. The SMILES string of the molecule is COC1CNC(c2nc(C3(OC)CCCCCC3)no2)C1. The highest BCUT2D eigenvalue weighted by molar-refractivity contribution is 5.05. The molecule has 3 rings (SSSR count). The summed E-state index contributed by atoms with van der Waals surface area (Å²) in [6, 6.07) is 0.0934. The molecule has 0 radical (unpaired) electrons. The summed E-state index contributed by atoms with van der Waals surface area (Å²) in [6.45, 7) is 0.828. The van der Waals surface area contributed by atoms with Gasteiger partial charge in [-0.05, 0) is 19.3 Å². The first-order valence-corrected chi connectivity index (χ1v) is 7.93.